The van der Waals surface area contributed by atoms with Gasteiger partial charge in [0.05, 0.1) is 10.4 Å². The number of carbonyl (C=O) groups is 1. The molecule has 0 bridgehead atoms. The van der Waals surface area contributed by atoms with Crippen molar-refractivity contribution in [2.24, 2.45) is 5.92 Å². The summed E-state index contributed by atoms with van der Waals surface area (Å²) in [5, 5.41) is 24.3. The van der Waals surface area contributed by atoms with Gasteiger partial charge in [0.2, 0.25) is 0 Å². The fourth-order valence-electron chi connectivity index (χ4n) is 2.93. The Kier molecular flexibility index (Phi) is 4.52. The molecule has 23 heavy (non-hydrogen) atoms. The topological polar surface area (TPSA) is 113 Å². The number of amides is 1. The minimum atomic E-state index is -0.482. The van der Waals surface area contributed by atoms with Gasteiger partial charge < -0.3 is 10.6 Å². The quantitative estimate of drug-likeness (QED) is 0.572. The van der Waals surface area contributed by atoms with Crippen molar-refractivity contribution in [3.8, 4) is 0 Å². The van der Waals surface area contributed by atoms with Crippen LogP contribution in [0.5, 0.6) is 0 Å². The van der Waals surface area contributed by atoms with Gasteiger partial charge in [-0.05, 0) is 44.3 Å². The molecule has 0 aliphatic carbocycles. The van der Waals surface area contributed by atoms with Crippen LogP contribution in [0, 0.1) is 16.0 Å². The summed E-state index contributed by atoms with van der Waals surface area (Å²) in [6.07, 6.45) is 3.27. The largest absolute Gasteiger partial charge is 0.351 e. The zero-order chi connectivity index (χ0) is 16.2. The van der Waals surface area contributed by atoms with Crippen LogP contribution in [0.3, 0.4) is 0 Å². The second-order valence-corrected chi connectivity index (χ2v) is 5.82. The number of H-pyrrole nitrogens is 1. The number of rotatable bonds is 5. The summed E-state index contributed by atoms with van der Waals surface area (Å²) >= 11 is 0. The van der Waals surface area contributed by atoms with E-state index in [9.17, 15) is 14.9 Å². The van der Waals surface area contributed by atoms with E-state index in [-0.39, 0.29) is 17.3 Å². The Morgan fingerprint density at radius 2 is 2.35 bits per heavy atom. The smallest absolute Gasteiger partial charge is 0.272 e. The van der Waals surface area contributed by atoms with Crippen LogP contribution in [0.4, 0.5) is 5.69 Å². The number of nitro groups is 1. The van der Waals surface area contributed by atoms with Gasteiger partial charge in [0.1, 0.15) is 0 Å². The molecule has 0 radical (unpaired) electrons. The Morgan fingerprint density at radius 3 is 3.09 bits per heavy atom. The van der Waals surface area contributed by atoms with Gasteiger partial charge in [-0.2, -0.15) is 5.10 Å². The van der Waals surface area contributed by atoms with Crippen LogP contribution in [0.25, 0.3) is 10.9 Å². The molecule has 2 aromatic rings. The second-order valence-electron chi connectivity index (χ2n) is 5.82. The summed E-state index contributed by atoms with van der Waals surface area (Å²) in [4.78, 5) is 22.6. The molecule has 8 heteroatoms. The van der Waals surface area contributed by atoms with E-state index in [1.807, 2.05) is 0 Å². The zero-order valence-electron chi connectivity index (χ0n) is 12.7. The summed E-state index contributed by atoms with van der Waals surface area (Å²) in [5.41, 5.74) is 0.754. The van der Waals surface area contributed by atoms with Crippen molar-refractivity contribution in [3.05, 3.63) is 34.0 Å². The number of hydrogen-bond donors (Lipinski definition) is 3. The standard InChI is InChI=1S/C15H19N5O3/c21-15(17-7-5-10-2-1-6-16-9-10)14-12-8-11(20(22)23)3-4-13(12)18-19-14/h3-4,8,10,16H,1-2,5-7,9H2,(H,17,21)(H,18,19). The lowest BCUT2D eigenvalue weighted by Gasteiger charge is -2.22. The molecule has 1 amide bonds. The third-order valence-electron chi connectivity index (χ3n) is 4.21. The van der Waals surface area contributed by atoms with E-state index < -0.39 is 4.92 Å². The average Bonchev–Trinajstić information content (AvgIpc) is 2.98. The fourth-order valence-corrected chi connectivity index (χ4v) is 2.93. The molecule has 1 aromatic carbocycles. The van der Waals surface area contributed by atoms with Crippen molar-refractivity contribution in [1.29, 1.82) is 0 Å². The van der Waals surface area contributed by atoms with Crippen molar-refractivity contribution in [2.45, 2.75) is 19.3 Å². The molecule has 0 saturated carbocycles. The number of nitrogens with zero attached hydrogens (tertiary/aromatic N) is 2. The average molecular weight is 317 g/mol. The number of hydrogen-bond acceptors (Lipinski definition) is 5. The van der Waals surface area contributed by atoms with E-state index >= 15 is 0 Å². The minimum Gasteiger partial charge on any atom is -0.351 e. The molecule has 1 atom stereocenters. The maximum Gasteiger partial charge on any atom is 0.272 e. The summed E-state index contributed by atoms with van der Waals surface area (Å²) in [7, 11) is 0. The van der Waals surface area contributed by atoms with Crippen molar-refractivity contribution < 1.29 is 9.72 Å². The van der Waals surface area contributed by atoms with Crippen LogP contribution in [0.1, 0.15) is 29.8 Å². The highest BCUT2D eigenvalue weighted by molar-refractivity contribution is 6.05. The van der Waals surface area contributed by atoms with Crippen molar-refractivity contribution in [1.82, 2.24) is 20.8 Å². The van der Waals surface area contributed by atoms with Gasteiger partial charge >= 0.3 is 0 Å². The maximum absolute atomic E-state index is 12.3. The van der Waals surface area contributed by atoms with E-state index in [2.05, 4.69) is 20.8 Å². The lowest BCUT2D eigenvalue weighted by atomic mass is 9.96. The lowest BCUT2D eigenvalue weighted by molar-refractivity contribution is -0.384. The number of nitro benzene ring substituents is 1. The number of nitrogens with one attached hydrogen (secondary N) is 3. The van der Waals surface area contributed by atoms with Gasteiger partial charge in [-0.15, -0.1) is 0 Å². The number of fused-ring (bicyclic) bond motifs is 1. The Hall–Kier alpha value is -2.48. The van der Waals surface area contributed by atoms with Gasteiger partial charge in [0.15, 0.2) is 5.69 Å². The van der Waals surface area contributed by atoms with Crippen molar-refractivity contribution in [3.63, 3.8) is 0 Å². The van der Waals surface area contributed by atoms with E-state index in [1.54, 1.807) is 6.07 Å². The van der Waals surface area contributed by atoms with Crippen LogP contribution in [0.2, 0.25) is 0 Å². The summed E-state index contributed by atoms with van der Waals surface area (Å²) < 4.78 is 0. The normalized spacial score (nSPS) is 18.0. The molecular formula is C15H19N5O3. The van der Waals surface area contributed by atoms with Gasteiger partial charge in [0.25, 0.3) is 11.6 Å². The minimum absolute atomic E-state index is 0.0544. The summed E-state index contributed by atoms with van der Waals surface area (Å²) in [6, 6.07) is 4.32. The maximum atomic E-state index is 12.3. The molecule has 1 aliphatic heterocycles. The first kappa shape index (κ1) is 15.4. The monoisotopic (exact) mass is 317 g/mol. The number of piperidine rings is 1. The first-order valence-electron chi connectivity index (χ1n) is 7.76. The molecular weight excluding hydrogens is 298 g/mol. The first-order valence-corrected chi connectivity index (χ1v) is 7.76. The number of carbonyl (C=O) groups excluding carboxylic acids is 1. The van der Waals surface area contributed by atoms with E-state index in [4.69, 9.17) is 0 Å². The molecule has 122 valence electrons. The molecule has 8 nitrogen and oxygen atoms in total. The Labute approximate surface area is 132 Å². The molecule has 1 saturated heterocycles. The SMILES string of the molecule is O=C(NCCC1CCCNC1)c1n[nH]c2ccc([N+](=O)[O-])cc12. The van der Waals surface area contributed by atoms with Gasteiger partial charge in [-0.3, -0.25) is 20.0 Å². The summed E-state index contributed by atoms with van der Waals surface area (Å²) in [5.74, 6) is 0.279. The van der Waals surface area contributed by atoms with Gasteiger partial charge in [-0.1, -0.05) is 0 Å². The van der Waals surface area contributed by atoms with Crippen molar-refractivity contribution in [2.75, 3.05) is 19.6 Å². The van der Waals surface area contributed by atoms with Crippen LogP contribution in [-0.2, 0) is 0 Å². The Balaban J connectivity index is 1.65. The second kappa shape index (κ2) is 6.74. The lowest BCUT2D eigenvalue weighted by Crippen LogP contribution is -2.33. The Morgan fingerprint density at radius 1 is 1.48 bits per heavy atom. The summed E-state index contributed by atoms with van der Waals surface area (Å²) in [6.45, 7) is 2.64. The van der Waals surface area contributed by atoms with Crippen molar-refractivity contribution >= 4 is 22.5 Å². The highest BCUT2D eigenvalue weighted by atomic mass is 16.6. The number of benzene rings is 1. The molecule has 3 N–H and O–H groups in total. The number of aromatic nitrogens is 2. The van der Waals surface area contributed by atoms with E-state index in [1.165, 1.54) is 25.0 Å². The number of non-ortho nitro benzene ring substituents is 1. The first-order chi connectivity index (χ1) is 11.1. The highest BCUT2D eigenvalue weighted by Crippen LogP contribution is 2.22. The highest BCUT2D eigenvalue weighted by Gasteiger charge is 2.18. The fraction of sp³-hybridized carbons (Fsp3) is 0.467. The van der Waals surface area contributed by atoms with Crippen LogP contribution < -0.4 is 10.6 Å². The molecule has 1 unspecified atom stereocenters. The molecule has 1 aromatic heterocycles. The Bertz CT molecular complexity index is 721. The van der Waals surface area contributed by atoms with Crippen LogP contribution in [-0.4, -0.2) is 40.7 Å². The third-order valence-corrected chi connectivity index (χ3v) is 4.21. The molecule has 3 rings (SSSR count). The van der Waals surface area contributed by atoms with Gasteiger partial charge in [0, 0.05) is 24.1 Å². The number of aromatic amines is 1. The predicted molar refractivity (Wildman–Crippen MR) is 85.3 cm³/mol. The molecule has 1 aliphatic rings. The molecule has 0 spiro atoms. The molecule has 2 heterocycles. The van der Waals surface area contributed by atoms with Gasteiger partial charge in [-0.25, -0.2) is 0 Å². The van der Waals surface area contributed by atoms with Crippen LogP contribution in [0.15, 0.2) is 18.2 Å². The zero-order valence-corrected chi connectivity index (χ0v) is 12.7. The van der Waals surface area contributed by atoms with Crippen LogP contribution >= 0.6 is 0 Å². The molecule has 1 fully saturated rings. The van der Waals surface area contributed by atoms with E-state index in [0.717, 1.165) is 19.5 Å². The van der Waals surface area contributed by atoms with E-state index in [0.29, 0.717) is 23.4 Å². The predicted octanol–water partition coefficient (Wildman–Crippen LogP) is 1.59. The third kappa shape index (κ3) is 3.48.